The second-order valence-corrected chi connectivity index (χ2v) is 5.36. The van der Waals surface area contributed by atoms with E-state index in [4.69, 9.17) is 4.74 Å². The SMILES string of the molecule is C=C1C(=O)COc2ccc(CCC(=O)c3ccc[nH]c3=O)cc21. The number of hydrogen-bond acceptors (Lipinski definition) is 4. The maximum Gasteiger partial charge on any atom is 0.258 e. The number of aromatic nitrogens is 1. The van der Waals surface area contributed by atoms with Crippen molar-refractivity contribution >= 4 is 17.1 Å². The molecule has 0 aliphatic carbocycles. The summed E-state index contributed by atoms with van der Waals surface area (Å²) in [5.74, 6) is 0.279. The minimum atomic E-state index is -0.379. The minimum Gasteiger partial charge on any atom is -0.485 e. The molecule has 0 bridgehead atoms. The molecule has 3 rings (SSSR count). The number of benzene rings is 1. The number of rotatable bonds is 4. The number of carbonyl (C=O) groups is 2. The molecule has 0 radical (unpaired) electrons. The highest BCUT2D eigenvalue weighted by Crippen LogP contribution is 2.31. The predicted octanol–water partition coefficient (Wildman–Crippen LogP) is 2.17. The van der Waals surface area contributed by atoms with Gasteiger partial charge in [0.1, 0.15) is 5.75 Å². The molecule has 1 aromatic carbocycles. The lowest BCUT2D eigenvalue weighted by atomic mass is 9.96. The summed E-state index contributed by atoms with van der Waals surface area (Å²) in [6.07, 6.45) is 2.18. The first-order chi connectivity index (χ1) is 11.1. The van der Waals surface area contributed by atoms with Crippen molar-refractivity contribution in [2.75, 3.05) is 6.61 Å². The first-order valence-electron chi connectivity index (χ1n) is 7.25. The molecule has 5 nitrogen and oxygen atoms in total. The molecule has 23 heavy (non-hydrogen) atoms. The summed E-state index contributed by atoms with van der Waals surface area (Å²) in [5, 5.41) is 0. The monoisotopic (exact) mass is 309 g/mol. The van der Waals surface area contributed by atoms with Crippen molar-refractivity contribution in [1.29, 1.82) is 0 Å². The van der Waals surface area contributed by atoms with E-state index in [9.17, 15) is 14.4 Å². The Labute approximate surface area is 132 Å². The highest BCUT2D eigenvalue weighted by Gasteiger charge is 2.21. The van der Waals surface area contributed by atoms with Gasteiger partial charge in [0, 0.05) is 23.8 Å². The molecule has 1 aliphatic heterocycles. The lowest BCUT2D eigenvalue weighted by molar-refractivity contribution is -0.116. The molecule has 0 saturated heterocycles. The van der Waals surface area contributed by atoms with E-state index in [2.05, 4.69) is 11.6 Å². The van der Waals surface area contributed by atoms with Crippen molar-refractivity contribution in [3.8, 4) is 5.75 Å². The number of H-pyrrole nitrogens is 1. The maximum atomic E-state index is 12.1. The fraction of sp³-hybridized carbons (Fsp3) is 0.167. The van der Waals surface area contributed by atoms with Gasteiger partial charge in [0.25, 0.3) is 5.56 Å². The number of aryl methyl sites for hydroxylation is 1. The van der Waals surface area contributed by atoms with Crippen LogP contribution in [0, 0.1) is 0 Å². The van der Waals surface area contributed by atoms with Gasteiger partial charge in [-0.2, -0.15) is 0 Å². The van der Waals surface area contributed by atoms with E-state index in [1.54, 1.807) is 12.1 Å². The lowest BCUT2D eigenvalue weighted by Gasteiger charge is -2.19. The van der Waals surface area contributed by atoms with Crippen LogP contribution in [0.2, 0.25) is 0 Å². The van der Waals surface area contributed by atoms with Gasteiger partial charge in [0.05, 0.1) is 5.56 Å². The molecule has 0 fully saturated rings. The van der Waals surface area contributed by atoms with E-state index in [1.165, 1.54) is 12.3 Å². The third-order valence-corrected chi connectivity index (χ3v) is 3.82. The van der Waals surface area contributed by atoms with Crippen molar-refractivity contribution in [3.05, 3.63) is 70.2 Å². The number of ether oxygens (including phenoxy) is 1. The number of aromatic amines is 1. The predicted molar refractivity (Wildman–Crippen MR) is 85.7 cm³/mol. The summed E-state index contributed by atoms with van der Waals surface area (Å²) >= 11 is 0. The van der Waals surface area contributed by atoms with E-state index in [-0.39, 0.29) is 35.7 Å². The van der Waals surface area contributed by atoms with Gasteiger partial charge in [0.15, 0.2) is 18.2 Å². The van der Waals surface area contributed by atoms with Crippen LogP contribution in [-0.2, 0) is 11.2 Å². The molecule has 0 spiro atoms. The fourth-order valence-electron chi connectivity index (χ4n) is 2.51. The molecule has 2 heterocycles. The highest BCUT2D eigenvalue weighted by atomic mass is 16.5. The Morgan fingerprint density at radius 3 is 2.87 bits per heavy atom. The van der Waals surface area contributed by atoms with Crippen LogP contribution < -0.4 is 10.3 Å². The molecule has 2 aromatic rings. The van der Waals surface area contributed by atoms with Gasteiger partial charge >= 0.3 is 0 Å². The molecule has 1 N–H and O–H groups in total. The number of hydrogen-bond donors (Lipinski definition) is 1. The fourth-order valence-corrected chi connectivity index (χ4v) is 2.51. The second kappa shape index (κ2) is 6.04. The summed E-state index contributed by atoms with van der Waals surface area (Å²) in [6.45, 7) is 3.80. The maximum absolute atomic E-state index is 12.1. The summed E-state index contributed by atoms with van der Waals surface area (Å²) < 4.78 is 5.35. The molecule has 0 atom stereocenters. The number of carbonyl (C=O) groups excluding carboxylic acids is 2. The molecule has 1 aromatic heterocycles. The quantitative estimate of drug-likeness (QED) is 0.693. The normalized spacial score (nSPS) is 13.4. The van der Waals surface area contributed by atoms with Crippen LogP contribution >= 0.6 is 0 Å². The smallest absolute Gasteiger partial charge is 0.258 e. The van der Waals surface area contributed by atoms with E-state index >= 15 is 0 Å². The van der Waals surface area contributed by atoms with Crippen molar-refractivity contribution in [1.82, 2.24) is 4.98 Å². The van der Waals surface area contributed by atoms with Gasteiger partial charge in [-0.25, -0.2) is 0 Å². The zero-order valence-corrected chi connectivity index (χ0v) is 12.4. The van der Waals surface area contributed by atoms with Gasteiger partial charge in [-0.05, 0) is 36.2 Å². The largest absolute Gasteiger partial charge is 0.485 e. The molecule has 116 valence electrons. The Morgan fingerprint density at radius 2 is 2.09 bits per heavy atom. The van der Waals surface area contributed by atoms with Crippen LogP contribution in [0.15, 0.2) is 47.9 Å². The van der Waals surface area contributed by atoms with Crippen molar-refractivity contribution < 1.29 is 14.3 Å². The van der Waals surface area contributed by atoms with Crippen LogP contribution in [0.5, 0.6) is 5.75 Å². The number of fused-ring (bicyclic) bond motifs is 1. The number of ketones is 2. The Bertz CT molecular complexity index is 863. The summed E-state index contributed by atoms with van der Waals surface area (Å²) in [4.78, 5) is 37.9. The van der Waals surface area contributed by atoms with Crippen LogP contribution in [0.3, 0.4) is 0 Å². The van der Waals surface area contributed by atoms with E-state index in [0.29, 0.717) is 23.3 Å². The summed E-state index contributed by atoms with van der Waals surface area (Å²) in [5.41, 5.74) is 1.77. The number of pyridine rings is 1. The Balaban J connectivity index is 1.76. The van der Waals surface area contributed by atoms with E-state index in [1.807, 2.05) is 12.1 Å². The third kappa shape index (κ3) is 2.99. The first kappa shape index (κ1) is 15.0. The van der Waals surface area contributed by atoms with Gasteiger partial charge < -0.3 is 9.72 Å². The van der Waals surface area contributed by atoms with Crippen LogP contribution in [0.25, 0.3) is 5.57 Å². The molecule has 0 unspecified atom stereocenters. The molecule has 0 amide bonds. The average Bonchev–Trinajstić information content (AvgIpc) is 2.56. The van der Waals surface area contributed by atoms with Gasteiger partial charge in [-0.1, -0.05) is 12.6 Å². The molecule has 5 heteroatoms. The number of nitrogens with one attached hydrogen (secondary N) is 1. The topological polar surface area (TPSA) is 76.2 Å². The molecule has 0 saturated carbocycles. The minimum absolute atomic E-state index is 0.0143. The van der Waals surface area contributed by atoms with E-state index in [0.717, 1.165) is 5.56 Å². The summed E-state index contributed by atoms with van der Waals surface area (Å²) in [6, 6.07) is 8.59. The lowest BCUT2D eigenvalue weighted by Crippen LogP contribution is -2.19. The average molecular weight is 309 g/mol. The van der Waals surface area contributed by atoms with Crippen LogP contribution in [-0.4, -0.2) is 23.2 Å². The zero-order valence-electron chi connectivity index (χ0n) is 12.4. The van der Waals surface area contributed by atoms with Gasteiger partial charge in [0.2, 0.25) is 0 Å². The van der Waals surface area contributed by atoms with Crippen molar-refractivity contribution in [3.63, 3.8) is 0 Å². The molecular formula is C18H15NO4. The Hall–Kier alpha value is -2.95. The number of Topliss-reactive ketones (excluding diaryl/α,β-unsaturated/α-hetero) is 2. The Kier molecular flexibility index (Phi) is 3.93. The van der Waals surface area contributed by atoms with Crippen LogP contribution in [0.4, 0.5) is 0 Å². The third-order valence-electron chi connectivity index (χ3n) is 3.82. The van der Waals surface area contributed by atoms with Crippen molar-refractivity contribution in [2.45, 2.75) is 12.8 Å². The second-order valence-electron chi connectivity index (χ2n) is 5.36. The molecule has 1 aliphatic rings. The first-order valence-corrected chi connectivity index (χ1v) is 7.25. The van der Waals surface area contributed by atoms with Crippen LogP contribution in [0.1, 0.15) is 27.9 Å². The highest BCUT2D eigenvalue weighted by molar-refractivity contribution is 6.22. The standard InChI is InChI=1S/C18H15NO4/c1-11-14-9-12(5-7-17(14)23-10-16(11)21)4-6-15(20)13-3-2-8-19-18(13)22/h2-3,5,7-9H,1,4,6,10H2,(H,19,22). The Morgan fingerprint density at radius 1 is 1.26 bits per heavy atom. The van der Waals surface area contributed by atoms with E-state index < -0.39 is 0 Å². The van der Waals surface area contributed by atoms with Gasteiger partial charge in [-0.15, -0.1) is 0 Å². The zero-order chi connectivity index (χ0) is 16.4. The summed E-state index contributed by atoms with van der Waals surface area (Å²) in [7, 11) is 0. The van der Waals surface area contributed by atoms with Gasteiger partial charge in [-0.3, -0.25) is 14.4 Å². The molecular weight excluding hydrogens is 294 g/mol. The van der Waals surface area contributed by atoms with Crippen molar-refractivity contribution in [2.24, 2.45) is 0 Å².